The van der Waals surface area contributed by atoms with Gasteiger partial charge in [-0.05, 0) is 43.2 Å². The van der Waals surface area contributed by atoms with Crippen LogP contribution in [0.2, 0.25) is 0 Å². The molecule has 0 atom stereocenters. The minimum atomic E-state index is -0.486. The first-order valence-corrected chi connectivity index (χ1v) is 13.4. The summed E-state index contributed by atoms with van der Waals surface area (Å²) in [4.78, 5) is 43.8. The molecule has 11 heteroatoms. The Labute approximate surface area is 243 Å². The zero-order valence-corrected chi connectivity index (χ0v) is 23.5. The molecule has 0 unspecified atom stereocenters. The highest BCUT2D eigenvalue weighted by molar-refractivity contribution is 5.96. The maximum atomic E-state index is 13.5. The minimum Gasteiger partial charge on any atom is -0.399 e. The summed E-state index contributed by atoms with van der Waals surface area (Å²) >= 11 is 0. The van der Waals surface area contributed by atoms with E-state index in [-0.39, 0.29) is 36.7 Å². The molecule has 1 aromatic heterocycles. The average Bonchev–Trinajstić information content (AvgIpc) is 2.97. The van der Waals surface area contributed by atoms with E-state index in [4.69, 9.17) is 16.9 Å². The Morgan fingerprint density at radius 2 is 1.60 bits per heavy atom. The van der Waals surface area contributed by atoms with Crippen LogP contribution in [0.1, 0.15) is 40.9 Å². The molecule has 11 nitrogen and oxygen atoms in total. The van der Waals surface area contributed by atoms with Gasteiger partial charge in [0.2, 0.25) is 5.91 Å². The molecule has 8 N–H and O–H groups in total. The number of nitrogens with one attached hydrogen (secondary N) is 4. The van der Waals surface area contributed by atoms with E-state index in [9.17, 15) is 14.4 Å². The number of carbonyl (C=O) groups excluding carboxylic acids is 2. The molecule has 4 rings (SSSR count). The SMILES string of the molecule is CC(C)Nc1ncc(-c2cc(N)cc(C(=O)NCc3ccccc3)c2)n(CC(=O)NCc2ccc(C(=N)N)cc2)c1=O. The van der Waals surface area contributed by atoms with E-state index in [1.54, 1.807) is 42.5 Å². The van der Waals surface area contributed by atoms with Crippen LogP contribution in [0.25, 0.3) is 11.3 Å². The molecular formula is C31H34N8O3. The van der Waals surface area contributed by atoms with E-state index in [0.717, 1.165) is 11.1 Å². The molecule has 216 valence electrons. The molecular weight excluding hydrogens is 532 g/mol. The van der Waals surface area contributed by atoms with Gasteiger partial charge in [0.1, 0.15) is 12.4 Å². The normalized spacial score (nSPS) is 10.7. The van der Waals surface area contributed by atoms with Crippen molar-refractivity contribution >= 4 is 29.2 Å². The maximum Gasteiger partial charge on any atom is 0.294 e. The van der Waals surface area contributed by atoms with Gasteiger partial charge in [-0.2, -0.15) is 0 Å². The fourth-order valence-electron chi connectivity index (χ4n) is 4.26. The van der Waals surface area contributed by atoms with Crippen molar-refractivity contribution in [2.75, 3.05) is 11.1 Å². The van der Waals surface area contributed by atoms with Crippen molar-refractivity contribution in [3.63, 3.8) is 0 Å². The number of amidine groups is 1. The summed E-state index contributed by atoms with van der Waals surface area (Å²) in [6.45, 7) is 4.01. The third-order valence-electron chi connectivity index (χ3n) is 6.35. The van der Waals surface area contributed by atoms with Crippen LogP contribution in [0.15, 0.2) is 83.8 Å². The monoisotopic (exact) mass is 566 g/mol. The second-order valence-corrected chi connectivity index (χ2v) is 10.1. The molecule has 3 aromatic carbocycles. The first-order valence-electron chi connectivity index (χ1n) is 13.4. The van der Waals surface area contributed by atoms with Crippen molar-refractivity contribution in [3.05, 3.63) is 112 Å². The summed E-state index contributed by atoms with van der Waals surface area (Å²) in [5.74, 6) is -0.674. The van der Waals surface area contributed by atoms with Crippen LogP contribution in [0.3, 0.4) is 0 Å². The largest absolute Gasteiger partial charge is 0.399 e. The van der Waals surface area contributed by atoms with Crippen LogP contribution in [0.4, 0.5) is 11.5 Å². The van der Waals surface area contributed by atoms with Gasteiger partial charge in [-0.15, -0.1) is 0 Å². The van der Waals surface area contributed by atoms with Crippen LogP contribution >= 0.6 is 0 Å². The highest BCUT2D eigenvalue weighted by Crippen LogP contribution is 2.23. The van der Waals surface area contributed by atoms with Crippen molar-refractivity contribution in [2.45, 2.75) is 39.5 Å². The van der Waals surface area contributed by atoms with E-state index in [0.29, 0.717) is 34.6 Å². The molecule has 42 heavy (non-hydrogen) atoms. The number of nitrogen functional groups attached to an aromatic ring is 2. The van der Waals surface area contributed by atoms with Gasteiger partial charge in [0, 0.05) is 41.5 Å². The highest BCUT2D eigenvalue weighted by Gasteiger charge is 2.18. The van der Waals surface area contributed by atoms with Gasteiger partial charge in [0.05, 0.1) is 11.9 Å². The van der Waals surface area contributed by atoms with Crippen molar-refractivity contribution in [1.29, 1.82) is 5.41 Å². The van der Waals surface area contributed by atoms with E-state index in [2.05, 4.69) is 20.9 Å². The lowest BCUT2D eigenvalue weighted by Gasteiger charge is -2.17. The summed E-state index contributed by atoms with van der Waals surface area (Å²) < 4.78 is 1.31. The van der Waals surface area contributed by atoms with Gasteiger partial charge in [0.15, 0.2) is 5.82 Å². The Bertz CT molecular complexity index is 1650. The third kappa shape index (κ3) is 7.60. The smallest absolute Gasteiger partial charge is 0.294 e. The molecule has 2 amide bonds. The number of carbonyl (C=O) groups is 2. The van der Waals surface area contributed by atoms with Crippen molar-refractivity contribution in [3.8, 4) is 11.3 Å². The fourth-order valence-corrected chi connectivity index (χ4v) is 4.26. The van der Waals surface area contributed by atoms with Crippen molar-refractivity contribution < 1.29 is 9.59 Å². The highest BCUT2D eigenvalue weighted by atomic mass is 16.2. The predicted octanol–water partition coefficient (Wildman–Crippen LogP) is 2.84. The van der Waals surface area contributed by atoms with Crippen molar-refractivity contribution in [1.82, 2.24) is 20.2 Å². The Morgan fingerprint density at radius 3 is 2.26 bits per heavy atom. The number of hydrogen-bond acceptors (Lipinski definition) is 7. The molecule has 0 aliphatic carbocycles. The second kappa shape index (κ2) is 13.3. The number of benzene rings is 3. The average molecular weight is 567 g/mol. The molecule has 0 aliphatic heterocycles. The molecule has 0 bridgehead atoms. The summed E-state index contributed by atoms with van der Waals surface area (Å²) in [5, 5.41) is 16.2. The Morgan fingerprint density at radius 1 is 0.929 bits per heavy atom. The topological polar surface area (TPSA) is 181 Å². The molecule has 0 spiro atoms. The van der Waals surface area contributed by atoms with Crippen LogP contribution in [0, 0.1) is 5.41 Å². The quantitative estimate of drug-likeness (QED) is 0.0917. The number of rotatable bonds is 11. The molecule has 0 fully saturated rings. The number of nitrogens with zero attached hydrogens (tertiary/aromatic N) is 2. The lowest BCUT2D eigenvalue weighted by molar-refractivity contribution is -0.121. The molecule has 4 aromatic rings. The Hall–Kier alpha value is -5.45. The second-order valence-electron chi connectivity index (χ2n) is 10.1. The number of hydrogen-bond donors (Lipinski definition) is 6. The van der Waals surface area contributed by atoms with Crippen LogP contribution in [0.5, 0.6) is 0 Å². The summed E-state index contributed by atoms with van der Waals surface area (Å²) in [7, 11) is 0. The molecule has 0 saturated heterocycles. The van der Waals surface area contributed by atoms with Gasteiger partial charge in [-0.25, -0.2) is 4.98 Å². The molecule has 0 aliphatic rings. The third-order valence-corrected chi connectivity index (χ3v) is 6.35. The minimum absolute atomic E-state index is 0.0422. The van der Waals surface area contributed by atoms with Crippen LogP contribution in [-0.2, 0) is 24.4 Å². The first-order chi connectivity index (χ1) is 20.1. The number of aromatic nitrogens is 2. The summed E-state index contributed by atoms with van der Waals surface area (Å²) in [5.41, 5.74) is 14.9. The zero-order valence-electron chi connectivity index (χ0n) is 23.5. The molecule has 0 saturated carbocycles. The Kier molecular flexibility index (Phi) is 9.33. The lowest BCUT2D eigenvalue weighted by atomic mass is 10.1. The molecule has 1 heterocycles. The summed E-state index contributed by atoms with van der Waals surface area (Å²) in [6, 6.07) is 21.2. The Balaban J connectivity index is 1.60. The van der Waals surface area contributed by atoms with Crippen LogP contribution < -0.4 is 33.0 Å². The van der Waals surface area contributed by atoms with Gasteiger partial charge in [0.25, 0.3) is 11.5 Å². The standard InChI is InChI=1S/C31H34N8O3/c1-19(2)38-29-31(42)39(18-27(40)35-15-21-8-10-22(11-9-21)28(33)34)26(17-36-29)23-12-24(14-25(32)13-23)30(41)37-16-20-6-4-3-5-7-20/h3-14,17,19H,15-16,18,32H2,1-2H3,(H3,33,34)(H,35,40)(H,36,38)(H,37,41). The van der Waals surface area contributed by atoms with Gasteiger partial charge in [-0.1, -0.05) is 54.6 Å². The predicted molar refractivity (Wildman–Crippen MR) is 164 cm³/mol. The first kappa shape index (κ1) is 29.5. The molecule has 0 radical (unpaired) electrons. The maximum absolute atomic E-state index is 13.5. The summed E-state index contributed by atoms with van der Waals surface area (Å²) in [6.07, 6.45) is 1.49. The van der Waals surface area contributed by atoms with Crippen LogP contribution in [-0.4, -0.2) is 33.2 Å². The van der Waals surface area contributed by atoms with E-state index >= 15 is 0 Å². The van der Waals surface area contributed by atoms with Gasteiger partial charge >= 0.3 is 0 Å². The zero-order chi connectivity index (χ0) is 30.2. The number of nitrogens with two attached hydrogens (primary N) is 2. The van der Waals surface area contributed by atoms with E-state index in [1.165, 1.54) is 10.8 Å². The van der Waals surface area contributed by atoms with Gasteiger partial charge in [-0.3, -0.25) is 24.4 Å². The number of anilines is 2. The fraction of sp³-hybridized carbons (Fsp3) is 0.194. The van der Waals surface area contributed by atoms with Gasteiger partial charge < -0.3 is 27.4 Å². The lowest BCUT2D eigenvalue weighted by Crippen LogP contribution is -2.35. The van der Waals surface area contributed by atoms with E-state index < -0.39 is 11.5 Å². The number of amides is 2. The van der Waals surface area contributed by atoms with Crippen molar-refractivity contribution in [2.24, 2.45) is 5.73 Å². The van der Waals surface area contributed by atoms with E-state index in [1.807, 2.05) is 44.2 Å².